The third-order valence-corrected chi connectivity index (χ3v) is 2.63. The summed E-state index contributed by atoms with van der Waals surface area (Å²) in [5.74, 6) is -2.37. The number of aromatic nitrogens is 2. The molecule has 2 rings (SSSR count). The average Bonchev–Trinajstić information content (AvgIpc) is 2.71. The monoisotopic (exact) mass is 226 g/mol. The van der Waals surface area contributed by atoms with Gasteiger partial charge in [-0.25, -0.2) is 0 Å². The van der Waals surface area contributed by atoms with Gasteiger partial charge in [0.2, 0.25) is 0 Å². The predicted octanol–water partition coefficient (Wildman–Crippen LogP) is 3.39. The highest BCUT2D eigenvalue weighted by atomic mass is 32.2. The molecule has 0 aliphatic rings. The molecule has 0 bridgehead atoms. The number of rotatable bonds is 3. The molecule has 0 saturated heterocycles. The molecule has 0 aliphatic heterocycles. The Hall–Kier alpha value is -1.36. The van der Waals surface area contributed by atoms with Crippen molar-refractivity contribution in [2.24, 2.45) is 0 Å². The molecule has 1 heterocycles. The van der Waals surface area contributed by atoms with E-state index in [1.807, 2.05) is 0 Å². The number of hydrogen-bond donors (Lipinski definition) is 1. The largest absolute Gasteiger partial charge is 0.288 e. The molecule has 1 aromatic heterocycles. The van der Waals surface area contributed by atoms with Gasteiger partial charge in [-0.15, -0.1) is 0 Å². The Morgan fingerprint density at radius 1 is 1.13 bits per heavy atom. The zero-order valence-electron chi connectivity index (χ0n) is 7.65. The summed E-state index contributed by atoms with van der Waals surface area (Å²) in [6, 6.07) is 6.96. The second kappa shape index (κ2) is 4.44. The van der Waals surface area contributed by atoms with Crippen molar-refractivity contribution in [2.75, 3.05) is 0 Å². The summed E-state index contributed by atoms with van der Waals surface area (Å²) in [7, 11) is 0. The lowest BCUT2D eigenvalue weighted by atomic mass is 10.1. The van der Waals surface area contributed by atoms with Crippen LogP contribution in [0.3, 0.4) is 0 Å². The standard InChI is InChI=1S/C10H8F2N2S/c11-10(12)15-9-3-1-7(2-4-9)8-5-13-14-6-8/h1-6,10H,(H,13,14). The van der Waals surface area contributed by atoms with Crippen molar-refractivity contribution >= 4 is 11.8 Å². The zero-order chi connectivity index (χ0) is 10.7. The molecule has 2 nitrogen and oxygen atoms in total. The van der Waals surface area contributed by atoms with E-state index in [0.717, 1.165) is 11.1 Å². The summed E-state index contributed by atoms with van der Waals surface area (Å²) in [6.45, 7) is 0. The molecule has 1 N–H and O–H groups in total. The van der Waals surface area contributed by atoms with Crippen LogP contribution in [0, 0.1) is 0 Å². The molecule has 0 aliphatic carbocycles. The van der Waals surface area contributed by atoms with Gasteiger partial charge in [0, 0.05) is 16.7 Å². The van der Waals surface area contributed by atoms with Crippen molar-refractivity contribution in [1.29, 1.82) is 0 Å². The molecule has 0 radical (unpaired) electrons. The Labute approximate surface area is 89.7 Å². The van der Waals surface area contributed by atoms with E-state index in [1.165, 1.54) is 0 Å². The molecule has 15 heavy (non-hydrogen) atoms. The molecule has 0 fully saturated rings. The zero-order valence-corrected chi connectivity index (χ0v) is 8.47. The maximum absolute atomic E-state index is 12.0. The van der Waals surface area contributed by atoms with Crippen LogP contribution < -0.4 is 0 Å². The third-order valence-electron chi connectivity index (χ3n) is 1.91. The van der Waals surface area contributed by atoms with E-state index < -0.39 is 5.76 Å². The molecule has 5 heteroatoms. The number of nitrogens with zero attached hydrogens (tertiary/aromatic N) is 1. The van der Waals surface area contributed by atoms with Crippen LogP contribution in [0.2, 0.25) is 0 Å². The van der Waals surface area contributed by atoms with Crippen molar-refractivity contribution in [1.82, 2.24) is 10.2 Å². The van der Waals surface area contributed by atoms with E-state index in [-0.39, 0.29) is 0 Å². The van der Waals surface area contributed by atoms with Crippen LogP contribution in [0.1, 0.15) is 0 Å². The number of nitrogens with one attached hydrogen (secondary N) is 1. The number of H-pyrrole nitrogens is 1. The fourth-order valence-corrected chi connectivity index (χ4v) is 1.74. The number of aromatic amines is 1. The molecule has 0 atom stereocenters. The van der Waals surface area contributed by atoms with Crippen LogP contribution >= 0.6 is 11.8 Å². The Morgan fingerprint density at radius 3 is 2.40 bits per heavy atom. The number of benzene rings is 1. The van der Waals surface area contributed by atoms with E-state index in [4.69, 9.17) is 0 Å². The minimum Gasteiger partial charge on any atom is -0.285 e. The minimum absolute atomic E-state index is 0.548. The first-order valence-corrected chi connectivity index (χ1v) is 5.18. The van der Waals surface area contributed by atoms with E-state index >= 15 is 0 Å². The predicted molar refractivity (Wildman–Crippen MR) is 55.9 cm³/mol. The molecular weight excluding hydrogens is 218 g/mol. The first kappa shape index (κ1) is 10.2. The van der Waals surface area contributed by atoms with Gasteiger partial charge in [0.25, 0.3) is 5.76 Å². The summed E-state index contributed by atoms with van der Waals surface area (Å²) < 4.78 is 24.1. The molecule has 2 aromatic rings. The molecule has 0 saturated carbocycles. The Kier molecular flexibility index (Phi) is 3.01. The van der Waals surface area contributed by atoms with Crippen LogP contribution in [0.25, 0.3) is 11.1 Å². The Bertz CT molecular complexity index is 411. The van der Waals surface area contributed by atoms with Crippen molar-refractivity contribution in [3.8, 4) is 11.1 Å². The summed E-state index contributed by atoms with van der Waals surface area (Å²) in [4.78, 5) is 0.567. The van der Waals surface area contributed by atoms with Crippen molar-refractivity contribution < 1.29 is 8.78 Å². The fraction of sp³-hybridized carbons (Fsp3) is 0.100. The van der Waals surface area contributed by atoms with Gasteiger partial charge >= 0.3 is 0 Å². The van der Waals surface area contributed by atoms with Gasteiger partial charge in [0.15, 0.2) is 0 Å². The van der Waals surface area contributed by atoms with Crippen molar-refractivity contribution in [2.45, 2.75) is 10.7 Å². The van der Waals surface area contributed by atoms with Crippen LogP contribution in [0.4, 0.5) is 8.78 Å². The summed E-state index contributed by atoms with van der Waals surface area (Å²) in [5, 5.41) is 6.52. The van der Waals surface area contributed by atoms with E-state index in [2.05, 4.69) is 10.2 Å². The Morgan fingerprint density at radius 2 is 1.87 bits per heavy atom. The summed E-state index contributed by atoms with van der Waals surface area (Å²) in [6.07, 6.45) is 3.45. The SMILES string of the molecule is FC(F)Sc1ccc(-c2cn[nH]c2)cc1. The maximum Gasteiger partial charge on any atom is 0.288 e. The summed E-state index contributed by atoms with van der Waals surface area (Å²) in [5.41, 5.74) is 1.91. The first-order valence-electron chi connectivity index (χ1n) is 4.30. The van der Waals surface area contributed by atoms with E-state index in [9.17, 15) is 8.78 Å². The van der Waals surface area contributed by atoms with Gasteiger partial charge in [0.1, 0.15) is 0 Å². The number of thioether (sulfide) groups is 1. The minimum atomic E-state index is -2.37. The lowest BCUT2D eigenvalue weighted by molar-refractivity contribution is 0.252. The van der Waals surface area contributed by atoms with Crippen LogP contribution in [0.15, 0.2) is 41.6 Å². The highest BCUT2D eigenvalue weighted by Gasteiger charge is 2.05. The highest BCUT2D eigenvalue weighted by Crippen LogP contribution is 2.27. The number of alkyl halides is 2. The quantitative estimate of drug-likeness (QED) is 0.812. The van der Waals surface area contributed by atoms with Gasteiger partial charge in [-0.2, -0.15) is 13.9 Å². The maximum atomic E-state index is 12.0. The van der Waals surface area contributed by atoms with Crippen LogP contribution in [0.5, 0.6) is 0 Å². The molecule has 0 spiro atoms. The van der Waals surface area contributed by atoms with E-state index in [1.54, 1.807) is 36.7 Å². The second-order valence-corrected chi connectivity index (χ2v) is 3.95. The smallest absolute Gasteiger partial charge is 0.285 e. The Balaban J connectivity index is 2.17. The highest BCUT2D eigenvalue weighted by molar-refractivity contribution is 7.99. The second-order valence-electron chi connectivity index (χ2n) is 2.89. The third kappa shape index (κ3) is 2.56. The van der Waals surface area contributed by atoms with Gasteiger partial charge in [0.05, 0.1) is 6.20 Å². The van der Waals surface area contributed by atoms with Crippen LogP contribution in [-0.4, -0.2) is 16.0 Å². The topological polar surface area (TPSA) is 28.7 Å². The van der Waals surface area contributed by atoms with Gasteiger partial charge < -0.3 is 0 Å². The molecule has 1 aromatic carbocycles. The van der Waals surface area contributed by atoms with Gasteiger partial charge in [-0.1, -0.05) is 23.9 Å². The van der Waals surface area contributed by atoms with Crippen molar-refractivity contribution in [3.63, 3.8) is 0 Å². The van der Waals surface area contributed by atoms with Gasteiger partial charge in [-0.3, -0.25) is 5.10 Å². The van der Waals surface area contributed by atoms with Gasteiger partial charge in [-0.05, 0) is 17.7 Å². The molecule has 0 unspecified atom stereocenters. The lowest BCUT2D eigenvalue weighted by Crippen LogP contribution is -1.81. The molecule has 0 amide bonds. The fourth-order valence-electron chi connectivity index (χ4n) is 1.24. The lowest BCUT2D eigenvalue weighted by Gasteiger charge is -2.01. The van der Waals surface area contributed by atoms with Crippen LogP contribution in [-0.2, 0) is 0 Å². The summed E-state index contributed by atoms with van der Waals surface area (Å²) >= 11 is 0.548. The van der Waals surface area contributed by atoms with E-state index in [0.29, 0.717) is 16.7 Å². The normalized spacial score (nSPS) is 10.9. The number of hydrogen-bond acceptors (Lipinski definition) is 2. The molecular formula is C10H8F2N2S. The average molecular weight is 226 g/mol. The number of halogens is 2. The molecule has 78 valence electrons. The first-order chi connectivity index (χ1) is 7.25. The van der Waals surface area contributed by atoms with Crippen molar-refractivity contribution in [3.05, 3.63) is 36.7 Å².